The zero-order chi connectivity index (χ0) is 18.9. The molecule has 0 bridgehead atoms. The van der Waals surface area contributed by atoms with Crippen LogP contribution >= 0.6 is 0 Å². The number of aliphatic hydroxyl groups is 2. The minimum absolute atomic E-state index is 0.0462. The summed E-state index contributed by atoms with van der Waals surface area (Å²) in [5, 5.41) is 20.9. The van der Waals surface area contributed by atoms with Crippen LogP contribution in [-0.2, 0) is 24.4 Å². The number of carbonyl (C=O) groups excluding carboxylic acids is 1. The van der Waals surface area contributed by atoms with Crippen LogP contribution < -0.4 is 0 Å². The maximum absolute atomic E-state index is 13.2. The van der Waals surface area contributed by atoms with Gasteiger partial charge in [-0.15, -0.1) is 0 Å². The summed E-state index contributed by atoms with van der Waals surface area (Å²) in [4.78, 5) is 15.0. The molecular weight excluding hydrogens is 342 g/mol. The van der Waals surface area contributed by atoms with Gasteiger partial charge in [0.1, 0.15) is 0 Å². The standard InChI is InChI=1S/C22H25NO4/c24-15-22(11-16-5-2-1-3-6-16)14-23(10-9-20(22)25)21(26)18-8-4-7-17-12-27-13-19(17)18/h1-8,20,24-25H,9-15H2/t20-,22+/m1/s1. The molecule has 0 spiro atoms. The molecule has 27 heavy (non-hydrogen) atoms. The fourth-order valence-corrected chi connectivity index (χ4v) is 4.28. The van der Waals surface area contributed by atoms with Crippen molar-refractivity contribution < 1.29 is 19.7 Å². The van der Waals surface area contributed by atoms with Crippen molar-refractivity contribution in [2.75, 3.05) is 19.7 Å². The van der Waals surface area contributed by atoms with E-state index in [0.29, 0.717) is 44.7 Å². The van der Waals surface area contributed by atoms with Crippen LogP contribution in [0, 0.1) is 5.41 Å². The fourth-order valence-electron chi connectivity index (χ4n) is 4.28. The van der Waals surface area contributed by atoms with Gasteiger partial charge in [0.25, 0.3) is 5.91 Å². The first kappa shape index (κ1) is 18.2. The first-order valence-corrected chi connectivity index (χ1v) is 9.43. The molecule has 2 heterocycles. The second kappa shape index (κ2) is 7.43. The van der Waals surface area contributed by atoms with Crippen LogP contribution in [0.1, 0.15) is 33.5 Å². The molecule has 2 N–H and O–H groups in total. The van der Waals surface area contributed by atoms with E-state index in [2.05, 4.69) is 0 Å². The van der Waals surface area contributed by atoms with Gasteiger partial charge in [0.05, 0.1) is 25.9 Å². The molecule has 0 radical (unpaired) electrons. The van der Waals surface area contributed by atoms with E-state index < -0.39 is 11.5 Å². The number of piperidine rings is 1. The Balaban J connectivity index is 1.60. The number of aliphatic hydroxyl groups excluding tert-OH is 2. The average Bonchev–Trinajstić information content (AvgIpc) is 3.19. The normalized spacial score (nSPS) is 24.7. The van der Waals surface area contributed by atoms with E-state index in [9.17, 15) is 15.0 Å². The number of hydrogen-bond donors (Lipinski definition) is 2. The third-order valence-corrected chi connectivity index (χ3v) is 5.89. The molecule has 0 aromatic heterocycles. The number of ether oxygens (including phenoxy) is 1. The highest BCUT2D eigenvalue weighted by Gasteiger charge is 2.44. The number of hydrogen-bond acceptors (Lipinski definition) is 4. The Morgan fingerprint density at radius 3 is 2.74 bits per heavy atom. The molecule has 1 saturated heterocycles. The Bertz CT molecular complexity index is 822. The van der Waals surface area contributed by atoms with E-state index in [-0.39, 0.29) is 12.5 Å². The van der Waals surface area contributed by atoms with E-state index >= 15 is 0 Å². The predicted octanol–water partition coefficient (Wildman–Crippen LogP) is 2.15. The van der Waals surface area contributed by atoms with Crippen LogP contribution in [0.3, 0.4) is 0 Å². The largest absolute Gasteiger partial charge is 0.396 e. The number of nitrogens with zero attached hydrogens (tertiary/aromatic N) is 1. The smallest absolute Gasteiger partial charge is 0.254 e. The molecule has 0 aliphatic carbocycles. The topological polar surface area (TPSA) is 70.0 Å². The fraction of sp³-hybridized carbons (Fsp3) is 0.409. The second-order valence-corrected chi connectivity index (χ2v) is 7.65. The zero-order valence-electron chi connectivity index (χ0n) is 15.3. The monoisotopic (exact) mass is 367 g/mol. The number of fused-ring (bicyclic) bond motifs is 1. The van der Waals surface area contributed by atoms with Crippen LogP contribution in [0.2, 0.25) is 0 Å². The van der Waals surface area contributed by atoms with Crippen molar-refractivity contribution in [2.45, 2.75) is 32.2 Å². The van der Waals surface area contributed by atoms with Gasteiger partial charge in [-0.25, -0.2) is 0 Å². The van der Waals surface area contributed by atoms with Gasteiger partial charge in [0.15, 0.2) is 0 Å². The summed E-state index contributed by atoms with van der Waals surface area (Å²) >= 11 is 0. The minimum Gasteiger partial charge on any atom is -0.396 e. The van der Waals surface area contributed by atoms with Gasteiger partial charge >= 0.3 is 0 Å². The molecule has 0 unspecified atom stereocenters. The number of amides is 1. The highest BCUT2D eigenvalue weighted by molar-refractivity contribution is 5.96. The summed E-state index contributed by atoms with van der Waals surface area (Å²) in [6.45, 7) is 1.67. The molecule has 0 saturated carbocycles. The molecule has 1 fully saturated rings. The SMILES string of the molecule is O=C(c1cccc2c1COC2)N1CC[C@@H](O)[C@@](CO)(Cc2ccccc2)C1. The molecule has 142 valence electrons. The van der Waals surface area contributed by atoms with Crippen molar-refractivity contribution in [3.05, 3.63) is 70.8 Å². The molecule has 2 aromatic carbocycles. The summed E-state index contributed by atoms with van der Waals surface area (Å²) in [5.74, 6) is -0.0462. The summed E-state index contributed by atoms with van der Waals surface area (Å²) in [7, 11) is 0. The lowest BCUT2D eigenvalue weighted by molar-refractivity contribution is -0.0669. The Morgan fingerprint density at radius 2 is 1.96 bits per heavy atom. The Labute approximate surface area is 159 Å². The van der Waals surface area contributed by atoms with Crippen molar-refractivity contribution >= 4 is 5.91 Å². The summed E-state index contributed by atoms with van der Waals surface area (Å²) in [6.07, 6.45) is 0.354. The lowest BCUT2D eigenvalue weighted by Crippen LogP contribution is -2.56. The Hall–Kier alpha value is -2.21. The van der Waals surface area contributed by atoms with Gasteiger partial charge in [-0.2, -0.15) is 0 Å². The van der Waals surface area contributed by atoms with Crippen LogP contribution in [-0.4, -0.2) is 46.8 Å². The molecule has 5 heteroatoms. The quantitative estimate of drug-likeness (QED) is 0.869. The number of benzene rings is 2. The van der Waals surface area contributed by atoms with Gasteiger partial charge < -0.3 is 19.8 Å². The number of likely N-dealkylation sites (tertiary alicyclic amines) is 1. The van der Waals surface area contributed by atoms with Crippen molar-refractivity contribution in [2.24, 2.45) is 5.41 Å². The third-order valence-electron chi connectivity index (χ3n) is 5.89. The van der Waals surface area contributed by atoms with Crippen LogP contribution in [0.4, 0.5) is 0 Å². The molecule has 5 nitrogen and oxygen atoms in total. The first-order chi connectivity index (χ1) is 13.1. The predicted molar refractivity (Wildman–Crippen MR) is 101 cm³/mol. The maximum Gasteiger partial charge on any atom is 0.254 e. The van der Waals surface area contributed by atoms with Crippen molar-refractivity contribution in [3.63, 3.8) is 0 Å². The average molecular weight is 367 g/mol. The van der Waals surface area contributed by atoms with E-state index in [1.54, 1.807) is 4.90 Å². The van der Waals surface area contributed by atoms with E-state index in [1.807, 2.05) is 48.5 Å². The highest BCUT2D eigenvalue weighted by Crippen LogP contribution is 2.35. The number of rotatable bonds is 4. The van der Waals surface area contributed by atoms with Gasteiger partial charge in [0.2, 0.25) is 0 Å². The van der Waals surface area contributed by atoms with Gasteiger partial charge in [0, 0.05) is 24.1 Å². The van der Waals surface area contributed by atoms with Crippen molar-refractivity contribution in [3.8, 4) is 0 Å². The number of carbonyl (C=O) groups is 1. The Morgan fingerprint density at radius 1 is 1.15 bits per heavy atom. The molecular formula is C22H25NO4. The van der Waals surface area contributed by atoms with E-state index in [0.717, 1.165) is 16.7 Å². The van der Waals surface area contributed by atoms with Crippen LogP contribution in [0.25, 0.3) is 0 Å². The minimum atomic E-state index is -0.746. The van der Waals surface area contributed by atoms with Crippen molar-refractivity contribution in [1.82, 2.24) is 4.90 Å². The molecule has 2 aromatic rings. The highest BCUT2D eigenvalue weighted by atomic mass is 16.5. The van der Waals surface area contributed by atoms with Gasteiger partial charge in [-0.1, -0.05) is 42.5 Å². The van der Waals surface area contributed by atoms with Crippen LogP contribution in [0.15, 0.2) is 48.5 Å². The van der Waals surface area contributed by atoms with E-state index in [1.165, 1.54) is 0 Å². The first-order valence-electron chi connectivity index (χ1n) is 9.43. The third kappa shape index (κ3) is 3.38. The van der Waals surface area contributed by atoms with Crippen LogP contribution in [0.5, 0.6) is 0 Å². The zero-order valence-corrected chi connectivity index (χ0v) is 15.3. The van der Waals surface area contributed by atoms with Gasteiger partial charge in [-0.3, -0.25) is 4.79 Å². The summed E-state index contributed by atoms with van der Waals surface area (Å²) in [6, 6.07) is 15.6. The molecule has 1 amide bonds. The molecule has 2 atom stereocenters. The summed E-state index contributed by atoms with van der Waals surface area (Å²) in [5.41, 5.74) is 3.01. The van der Waals surface area contributed by atoms with Crippen molar-refractivity contribution in [1.29, 1.82) is 0 Å². The second-order valence-electron chi connectivity index (χ2n) is 7.65. The lowest BCUT2D eigenvalue weighted by Gasteiger charge is -2.45. The van der Waals surface area contributed by atoms with E-state index in [4.69, 9.17) is 4.74 Å². The van der Waals surface area contributed by atoms with Gasteiger partial charge in [-0.05, 0) is 35.6 Å². The Kier molecular flexibility index (Phi) is 5.00. The molecule has 4 rings (SSSR count). The molecule has 2 aliphatic heterocycles. The maximum atomic E-state index is 13.2. The molecule has 2 aliphatic rings. The lowest BCUT2D eigenvalue weighted by atomic mass is 9.73. The summed E-state index contributed by atoms with van der Waals surface area (Å²) < 4.78 is 5.50.